The summed E-state index contributed by atoms with van der Waals surface area (Å²) < 4.78 is 11.4. The predicted octanol–water partition coefficient (Wildman–Crippen LogP) is 3.40. The Morgan fingerprint density at radius 1 is 1.16 bits per heavy atom. The lowest BCUT2D eigenvalue weighted by atomic mass is 9.98. The Balaban J connectivity index is 1.61. The van der Waals surface area contributed by atoms with Crippen molar-refractivity contribution >= 4 is 11.4 Å². The smallest absolute Gasteiger partial charge is 0.271 e. The highest BCUT2D eigenvalue weighted by Gasteiger charge is 2.31. The van der Waals surface area contributed by atoms with Crippen molar-refractivity contribution in [2.45, 2.75) is 19.1 Å². The van der Waals surface area contributed by atoms with Crippen LogP contribution in [0.4, 0.5) is 11.4 Å². The Bertz CT molecular complexity index is 761. The second-order valence-electron chi connectivity index (χ2n) is 6.65. The Hall–Kier alpha value is -2.60. The van der Waals surface area contributed by atoms with Crippen LogP contribution in [-0.4, -0.2) is 30.8 Å². The van der Waals surface area contributed by atoms with Gasteiger partial charge in [-0.1, -0.05) is 30.3 Å². The minimum absolute atomic E-state index is 0.0755. The van der Waals surface area contributed by atoms with E-state index in [9.17, 15) is 10.1 Å². The van der Waals surface area contributed by atoms with Crippen molar-refractivity contribution in [1.29, 1.82) is 0 Å². The van der Waals surface area contributed by atoms with Crippen LogP contribution in [0, 0.1) is 16.0 Å². The van der Waals surface area contributed by atoms with Gasteiger partial charge < -0.3 is 14.4 Å². The third-order valence-electron chi connectivity index (χ3n) is 4.73. The van der Waals surface area contributed by atoms with E-state index < -0.39 is 0 Å². The Morgan fingerprint density at radius 3 is 2.64 bits per heavy atom. The lowest BCUT2D eigenvalue weighted by molar-refractivity contribution is -0.384. The topological polar surface area (TPSA) is 64.8 Å². The molecular weight excluding hydrogens is 320 g/mol. The first-order valence-corrected chi connectivity index (χ1v) is 8.51. The summed E-state index contributed by atoms with van der Waals surface area (Å²) in [4.78, 5) is 13.0. The molecule has 1 saturated heterocycles. The third kappa shape index (κ3) is 3.44. The number of ether oxygens (including phenoxy) is 2. The highest BCUT2D eigenvalue weighted by Crippen LogP contribution is 2.38. The van der Waals surface area contributed by atoms with Gasteiger partial charge in [-0.2, -0.15) is 0 Å². The molecule has 0 radical (unpaired) electrons. The number of hydrogen-bond donors (Lipinski definition) is 0. The van der Waals surface area contributed by atoms with Gasteiger partial charge in [0, 0.05) is 24.6 Å². The first kappa shape index (κ1) is 15.9. The van der Waals surface area contributed by atoms with Gasteiger partial charge in [0.2, 0.25) is 0 Å². The van der Waals surface area contributed by atoms with Crippen LogP contribution >= 0.6 is 0 Å². The molecule has 0 bridgehead atoms. The van der Waals surface area contributed by atoms with Crippen LogP contribution in [0.5, 0.6) is 5.75 Å². The van der Waals surface area contributed by atoms with Crippen molar-refractivity contribution in [1.82, 2.24) is 0 Å². The fraction of sp³-hybridized carbons (Fsp3) is 0.368. The molecular formula is C19H20N2O4. The molecule has 6 heteroatoms. The minimum atomic E-state index is -0.362. The van der Waals surface area contributed by atoms with E-state index in [1.54, 1.807) is 12.1 Å². The molecule has 6 nitrogen and oxygen atoms in total. The molecule has 1 fully saturated rings. The van der Waals surface area contributed by atoms with Crippen LogP contribution in [-0.2, 0) is 11.3 Å². The van der Waals surface area contributed by atoms with Gasteiger partial charge in [-0.3, -0.25) is 10.1 Å². The molecule has 4 rings (SSSR count). The van der Waals surface area contributed by atoms with Crippen LogP contribution < -0.4 is 9.64 Å². The largest absolute Gasteiger partial charge is 0.486 e. The quantitative estimate of drug-likeness (QED) is 0.616. The zero-order chi connectivity index (χ0) is 17.2. The third-order valence-corrected chi connectivity index (χ3v) is 4.73. The number of non-ortho nitro benzene ring substituents is 1. The molecule has 0 spiro atoms. The highest BCUT2D eigenvalue weighted by molar-refractivity contribution is 5.64. The normalized spacial score (nSPS) is 19.7. The Kier molecular flexibility index (Phi) is 4.28. The molecule has 0 saturated carbocycles. The summed E-state index contributed by atoms with van der Waals surface area (Å²) in [6, 6.07) is 15.0. The molecule has 1 unspecified atom stereocenters. The average molecular weight is 340 g/mol. The number of anilines is 1. The van der Waals surface area contributed by atoms with Crippen molar-refractivity contribution < 1.29 is 14.4 Å². The molecule has 0 aromatic heterocycles. The van der Waals surface area contributed by atoms with Gasteiger partial charge in [0.1, 0.15) is 11.9 Å². The number of nitro benzene ring substituents is 1. The van der Waals surface area contributed by atoms with Gasteiger partial charge in [0.15, 0.2) is 0 Å². The molecule has 2 heterocycles. The van der Waals surface area contributed by atoms with Crippen LogP contribution in [0.2, 0.25) is 0 Å². The second kappa shape index (κ2) is 6.72. The van der Waals surface area contributed by atoms with Gasteiger partial charge in [0.25, 0.3) is 5.69 Å². The summed E-state index contributed by atoms with van der Waals surface area (Å²) in [6.07, 6.45) is 1.02. The van der Waals surface area contributed by atoms with Gasteiger partial charge >= 0.3 is 0 Å². The predicted molar refractivity (Wildman–Crippen MR) is 93.9 cm³/mol. The van der Waals surface area contributed by atoms with Crippen molar-refractivity contribution in [3.05, 3.63) is 64.2 Å². The van der Waals surface area contributed by atoms with Crippen LogP contribution in [0.1, 0.15) is 12.0 Å². The summed E-state index contributed by atoms with van der Waals surface area (Å²) in [7, 11) is 0. The number of rotatable bonds is 5. The van der Waals surface area contributed by atoms with E-state index >= 15 is 0 Å². The minimum Gasteiger partial charge on any atom is -0.486 e. The standard InChI is InChI=1S/C19H20N2O4/c22-21(23)16-6-7-19-18(9-16)20(10-14-4-2-1-3-5-14)11-17(25-19)8-15-12-24-13-15/h1-7,9,15,17H,8,10-13H2. The zero-order valence-electron chi connectivity index (χ0n) is 13.8. The Labute approximate surface area is 146 Å². The first-order valence-electron chi connectivity index (χ1n) is 8.51. The summed E-state index contributed by atoms with van der Waals surface area (Å²) in [5, 5.41) is 11.1. The van der Waals surface area contributed by atoms with Gasteiger partial charge in [-0.25, -0.2) is 0 Å². The highest BCUT2D eigenvalue weighted by atomic mass is 16.6. The second-order valence-corrected chi connectivity index (χ2v) is 6.65. The molecule has 0 N–H and O–H groups in total. The maximum absolute atomic E-state index is 11.1. The molecule has 2 aliphatic heterocycles. The molecule has 0 aliphatic carbocycles. The summed E-state index contributed by atoms with van der Waals surface area (Å²) >= 11 is 0. The van der Waals surface area contributed by atoms with E-state index in [1.807, 2.05) is 18.2 Å². The molecule has 1 atom stereocenters. The number of benzene rings is 2. The van der Waals surface area contributed by atoms with E-state index in [0.29, 0.717) is 12.5 Å². The SMILES string of the molecule is O=[N+]([O-])c1ccc2c(c1)N(Cc1ccccc1)CC(CC1COC1)O2. The van der Waals surface area contributed by atoms with E-state index in [0.717, 1.165) is 37.6 Å². The maximum Gasteiger partial charge on any atom is 0.271 e. The number of nitrogens with zero attached hydrogens (tertiary/aromatic N) is 2. The molecule has 2 aromatic rings. The van der Waals surface area contributed by atoms with Crippen molar-refractivity contribution in [2.24, 2.45) is 5.92 Å². The lowest BCUT2D eigenvalue weighted by Gasteiger charge is -2.38. The van der Waals surface area contributed by atoms with E-state index in [2.05, 4.69) is 17.0 Å². The molecule has 2 aliphatic rings. The first-order chi connectivity index (χ1) is 12.2. The van der Waals surface area contributed by atoms with Crippen molar-refractivity contribution in [2.75, 3.05) is 24.7 Å². The zero-order valence-corrected chi connectivity index (χ0v) is 13.8. The molecule has 130 valence electrons. The summed E-state index contributed by atoms with van der Waals surface area (Å²) in [5.74, 6) is 1.26. The molecule has 0 amide bonds. The van der Waals surface area contributed by atoms with Crippen LogP contribution in [0.3, 0.4) is 0 Å². The van der Waals surface area contributed by atoms with Gasteiger partial charge in [-0.15, -0.1) is 0 Å². The molecule has 25 heavy (non-hydrogen) atoms. The van der Waals surface area contributed by atoms with Crippen molar-refractivity contribution in [3.63, 3.8) is 0 Å². The fourth-order valence-corrected chi connectivity index (χ4v) is 3.40. The van der Waals surface area contributed by atoms with E-state index in [4.69, 9.17) is 9.47 Å². The van der Waals surface area contributed by atoms with Crippen LogP contribution in [0.25, 0.3) is 0 Å². The average Bonchev–Trinajstić information content (AvgIpc) is 2.58. The summed E-state index contributed by atoms with van der Waals surface area (Å²) in [5.41, 5.74) is 2.05. The van der Waals surface area contributed by atoms with Gasteiger partial charge in [-0.05, 0) is 18.1 Å². The number of nitro groups is 1. The maximum atomic E-state index is 11.1. The number of fused-ring (bicyclic) bond motifs is 1. The lowest BCUT2D eigenvalue weighted by Crippen LogP contribution is -2.43. The van der Waals surface area contributed by atoms with E-state index in [-0.39, 0.29) is 16.7 Å². The number of hydrogen-bond acceptors (Lipinski definition) is 5. The van der Waals surface area contributed by atoms with Crippen LogP contribution in [0.15, 0.2) is 48.5 Å². The van der Waals surface area contributed by atoms with Crippen molar-refractivity contribution in [3.8, 4) is 5.75 Å². The fourth-order valence-electron chi connectivity index (χ4n) is 3.40. The van der Waals surface area contributed by atoms with E-state index in [1.165, 1.54) is 11.6 Å². The monoisotopic (exact) mass is 340 g/mol. The summed E-state index contributed by atoms with van der Waals surface area (Å²) in [6.45, 7) is 3.02. The van der Waals surface area contributed by atoms with Gasteiger partial charge in [0.05, 0.1) is 30.4 Å². The Morgan fingerprint density at radius 2 is 1.96 bits per heavy atom. The molecule has 2 aromatic carbocycles.